The van der Waals surface area contributed by atoms with E-state index in [4.69, 9.17) is 9.68 Å². The fraction of sp³-hybridized carbons (Fsp3) is 0.273. The van der Waals surface area contributed by atoms with Crippen molar-refractivity contribution in [2.75, 3.05) is 0 Å². The maximum atomic E-state index is 8.85. The number of oxazole rings is 1. The van der Waals surface area contributed by atoms with Crippen LogP contribution >= 0.6 is 0 Å². The Morgan fingerprint density at radius 1 is 1.43 bits per heavy atom. The van der Waals surface area contributed by atoms with Crippen molar-refractivity contribution in [1.82, 2.24) is 4.98 Å². The minimum atomic E-state index is 0.244. The van der Waals surface area contributed by atoms with Gasteiger partial charge in [-0.2, -0.15) is 5.26 Å². The first-order chi connectivity index (χ1) is 6.72. The summed E-state index contributed by atoms with van der Waals surface area (Å²) in [7, 11) is 0. The molecule has 70 valence electrons. The molecule has 0 aliphatic heterocycles. The third kappa shape index (κ3) is 1.25. The predicted molar refractivity (Wildman–Crippen MR) is 52.8 cm³/mol. The molecule has 3 nitrogen and oxygen atoms in total. The molecule has 0 N–H and O–H groups in total. The van der Waals surface area contributed by atoms with Gasteiger partial charge in [0.15, 0.2) is 11.5 Å². The Bertz CT molecular complexity index is 505. The van der Waals surface area contributed by atoms with Gasteiger partial charge in [-0.05, 0) is 12.1 Å². The highest BCUT2D eigenvalue weighted by atomic mass is 16.3. The number of rotatable bonds is 1. The van der Waals surface area contributed by atoms with E-state index in [0.717, 1.165) is 5.52 Å². The van der Waals surface area contributed by atoms with Crippen molar-refractivity contribution in [3.63, 3.8) is 0 Å². The molecular weight excluding hydrogens is 176 g/mol. The average Bonchev–Trinajstić information content (AvgIpc) is 2.60. The van der Waals surface area contributed by atoms with Gasteiger partial charge in [-0.1, -0.05) is 19.9 Å². The molecule has 1 aromatic carbocycles. The van der Waals surface area contributed by atoms with Gasteiger partial charge in [0.25, 0.3) is 0 Å². The first-order valence-electron chi connectivity index (χ1n) is 4.52. The fourth-order valence-corrected chi connectivity index (χ4v) is 1.30. The molecule has 3 heteroatoms. The molecule has 0 bridgehead atoms. The van der Waals surface area contributed by atoms with Crippen LogP contribution in [0.3, 0.4) is 0 Å². The van der Waals surface area contributed by atoms with E-state index in [1.54, 1.807) is 6.07 Å². The molecule has 0 amide bonds. The molecule has 2 aromatic rings. The van der Waals surface area contributed by atoms with Crippen LogP contribution in [0, 0.1) is 11.3 Å². The van der Waals surface area contributed by atoms with Gasteiger partial charge in [-0.15, -0.1) is 0 Å². The summed E-state index contributed by atoms with van der Waals surface area (Å²) in [5, 5.41) is 8.85. The maximum absolute atomic E-state index is 8.85. The van der Waals surface area contributed by atoms with E-state index in [1.165, 1.54) is 0 Å². The summed E-state index contributed by atoms with van der Waals surface area (Å²) in [5.41, 5.74) is 1.90. The van der Waals surface area contributed by atoms with Gasteiger partial charge in [-0.3, -0.25) is 0 Å². The lowest BCUT2D eigenvalue weighted by Crippen LogP contribution is -1.84. The zero-order valence-corrected chi connectivity index (χ0v) is 8.11. The van der Waals surface area contributed by atoms with Crippen molar-refractivity contribution < 1.29 is 4.42 Å². The van der Waals surface area contributed by atoms with Crippen molar-refractivity contribution in [3.05, 3.63) is 29.7 Å². The number of hydrogen-bond acceptors (Lipinski definition) is 3. The molecule has 0 radical (unpaired) electrons. The van der Waals surface area contributed by atoms with Gasteiger partial charge in [0.2, 0.25) is 0 Å². The van der Waals surface area contributed by atoms with E-state index in [-0.39, 0.29) is 5.92 Å². The van der Waals surface area contributed by atoms with Crippen LogP contribution < -0.4 is 0 Å². The van der Waals surface area contributed by atoms with E-state index in [2.05, 4.69) is 11.1 Å². The molecule has 0 aliphatic carbocycles. The van der Waals surface area contributed by atoms with Gasteiger partial charge in [-0.25, -0.2) is 4.98 Å². The Labute approximate surface area is 82.0 Å². The second-order valence-corrected chi connectivity index (χ2v) is 3.47. The molecule has 0 spiro atoms. The van der Waals surface area contributed by atoms with Crippen LogP contribution in [0.1, 0.15) is 31.2 Å². The van der Waals surface area contributed by atoms with Crippen molar-refractivity contribution >= 4 is 11.1 Å². The third-order valence-electron chi connectivity index (χ3n) is 2.05. The van der Waals surface area contributed by atoms with Crippen LogP contribution in [0.25, 0.3) is 11.1 Å². The first-order valence-corrected chi connectivity index (χ1v) is 4.52. The number of nitriles is 1. The number of benzene rings is 1. The highest BCUT2D eigenvalue weighted by molar-refractivity contribution is 5.79. The van der Waals surface area contributed by atoms with Gasteiger partial charge >= 0.3 is 0 Å². The van der Waals surface area contributed by atoms with E-state index >= 15 is 0 Å². The summed E-state index contributed by atoms with van der Waals surface area (Å²) >= 11 is 0. The van der Waals surface area contributed by atoms with Gasteiger partial charge in [0, 0.05) is 5.92 Å². The molecule has 0 fully saturated rings. The molecule has 0 saturated carbocycles. The topological polar surface area (TPSA) is 49.8 Å². The SMILES string of the molecule is CC(C)c1nc2cccc(C#N)c2o1. The molecule has 0 unspecified atom stereocenters. The smallest absolute Gasteiger partial charge is 0.198 e. The lowest BCUT2D eigenvalue weighted by molar-refractivity contribution is 0.501. The largest absolute Gasteiger partial charge is 0.439 e. The molecule has 1 aromatic heterocycles. The number of para-hydroxylation sites is 1. The van der Waals surface area contributed by atoms with Crippen LogP contribution in [0.2, 0.25) is 0 Å². The van der Waals surface area contributed by atoms with Crippen molar-refractivity contribution in [3.8, 4) is 6.07 Å². The second-order valence-electron chi connectivity index (χ2n) is 3.47. The van der Waals surface area contributed by atoms with Crippen LogP contribution in [0.15, 0.2) is 22.6 Å². The standard InChI is InChI=1S/C11H10N2O/c1-7(2)11-13-9-5-3-4-8(6-12)10(9)14-11/h3-5,7H,1-2H3. The molecule has 14 heavy (non-hydrogen) atoms. The summed E-state index contributed by atoms with van der Waals surface area (Å²) in [6.45, 7) is 4.02. The quantitative estimate of drug-likeness (QED) is 0.688. The molecule has 1 heterocycles. The number of nitrogens with zero attached hydrogens (tertiary/aromatic N) is 2. The third-order valence-corrected chi connectivity index (χ3v) is 2.05. The number of fused-ring (bicyclic) bond motifs is 1. The van der Waals surface area contributed by atoms with Gasteiger partial charge in [0.05, 0.1) is 5.56 Å². The summed E-state index contributed by atoms with van der Waals surface area (Å²) in [6.07, 6.45) is 0. The van der Waals surface area contributed by atoms with Gasteiger partial charge in [0.1, 0.15) is 11.6 Å². The summed E-state index contributed by atoms with van der Waals surface area (Å²) in [4.78, 5) is 4.30. The molecule has 2 rings (SSSR count). The molecule has 0 aliphatic rings. The van der Waals surface area contributed by atoms with Crippen molar-refractivity contribution in [1.29, 1.82) is 5.26 Å². The van der Waals surface area contributed by atoms with Crippen molar-refractivity contribution in [2.45, 2.75) is 19.8 Å². The van der Waals surface area contributed by atoms with Crippen LogP contribution in [-0.2, 0) is 0 Å². The van der Waals surface area contributed by atoms with Crippen molar-refractivity contribution in [2.24, 2.45) is 0 Å². The zero-order valence-electron chi connectivity index (χ0n) is 8.11. The first kappa shape index (κ1) is 8.76. The Hall–Kier alpha value is -1.82. The highest BCUT2D eigenvalue weighted by Crippen LogP contribution is 2.23. The van der Waals surface area contributed by atoms with Crippen LogP contribution in [0.5, 0.6) is 0 Å². The minimum Gasteiger partial charge on any atom is -0.439 e. The Morgan fingerprint density at radius 2 is 2.21 bits per heavy atom. The van der Waals surface area contributed by atoms with E-state index in [0.29, 0.717) is 17.0 Å². The zero-order chi connectivity index (χ0) is 10.1. The highest BCUT2D eigenvalue weighted by Gasteiger charge is 2.11. The Morgan fingerprint density at radius 3 is 2.86 bits per heavy atom. The molecule has 0 atom stereocenters. The average molecular weight is 186 g/mol. The normalized spacial score (nSPS) is 10.7. The van der Waals surface area contributed by atoms with E-state index in [9.17, 15) is 0 Å². The number of hydrogen-bond donors (Lipinski definition) is 0. The fourth-order valence-electron chi connectivity index (χ4n) is 1.30. The summed E-state index contributed by atoms with van der Waals surface area (Å²) in [6, 6.07) is 7.49. The van der Waals surface area contributed by atoms with Crippen LogP contribution in [-0.4, -0.2) is 4.98 Å². The van der Waals surface area contributed by atoms with E-state index in [1.807, 2.05) is 26.0 Å². The maximum Gasteiger partial charge on any atom is 0.198 e. The monoisotopic (exact) mass is 186 g/mol. The minimum absolute atomic E-state index is 0.244. The number of aromatic nitrogens is 1. The Kier molecular flexibility index (Phi) is 1.97. The van der Waals surface area contributed by atoms with E-state index < -0.39 is 0 Å². The van der Waals surface area contributed by atoms with Crippen LogP contribution in [0.4, 0.5) is 0 Å². The lowest BCUT2D eigenvalue weighted by atomic mass is 10.2. The molecular formula is C11H10N2O. The molecule has 0 saturated heterocycles. The Balaban J connectivity index is 2.72. The lowest BCUT2D eigenvalue weighted by Gasteiger charge is -1.94. The summed E-state index contributed by atoms with van der Waals surface area (Å²) in [5.74, 6) is 0.927. The second kappa shape index (κ2) is 3.15. The summed E-state index contributed by atoms with van der Waals surface area (Å²) < 4.78 is 5.52. The predicted octanol–water partition coefficient (Wildman–Crippen LogP) is 2.82. The van der Waals surface area contributed by atoms with Gasteiger partial charge < -0.3 is 4.42 Å².